The van der Waals surface area contributed by atoms with Crippen molar-refractivity contribution >= 4 is 33.2 Å². The van der Waals surface area contributed by atoms with Crippen molar-refractivity contribution in [2.24, 2.45) is 0 Å². The van der Waals surface area contributed by atoms with E-state index in [-0.39, 0.29) is 30.2 Å². The summed E-state index contributed by atoms with van der Waals surface area (Å²) in [6, 6.07) is 1.27. The molecular formula is C12H15ClFN3O3S. The highest BCUT2D eigenvalue weighted by Crippen LogP contribution is 2.29. The summed E-state index contributed by atoms with van der Waals surface area (Å²) in [6.45, 7) is 1.92. The lowest BCUT2D eigenvalue weighted by Crippen LogP contribution is -2.56. The van der Waals surface area contributed by atoms with Crippen LogP contribution in [-0.4, -0.2) is 37.8 Å². The van der Waals surface area contributed by atoms with Gasteiger partial charge in [0.1, 0.15) is 10.9 Å². The normalized spacial score (nSPS) is 20.3. The summed E-state index contributed by atoms with van der Waals surface area (Å²) in [5.41, 5.74) is 5.57. The average Bonchev–Trinajstić information content (AvgIpc) is 2.42. The molecule has 2 rings (SSSR count). The highest BCUT2D eigenvalue weighted by molar-refractivity contribution is 7.89. The van der Waals surface area contributed by atoms with Crippen LogP contribution in [0.2, 0.25) is 5.02 Å². The number of halogens is 2. The van der Waals surface area contributed by atoms with Gasteiger partial charge in [0.2, 0.25) is 15.9 Å². The molecule has 21 heavy (non-hydrogen) atoms. The molecule has 1 aromatic carbocycles. The van der Waals surface area contributed by atoms with Crippen LogP contribution in [0.15, 0.2) is 17.0 Å². The first kappa shape index (κ1) is 16.0. The zero-order valence-electron chi connectivity index (χ0n) is 11.3. The van der Waals surface area contributed by atoms with Crippen molar-refractivity contribution in [3.8, 4) is 0 Å². The van der Waals surface area contributed by atoms with Crippen LogP contribution in [0.25, 0.3) is 0 Å². The van der Waals surface area contributed by atoms with Crippen LogP contribution in [0.4, 0.5) is 10.1 Å². The summed E-state index contributed by atoms with van der Waals surface area (Å²) < 4.78 is 40.3. The lowest BCUT2D eigenvalue weighted by molar-refractivity contribution is -0.126. The topological polar surface area (TPSA) is 92.5 Å². The lowest BCUT2D eigenvalue weighted by atomic mass is 10.2. The van der Waals surface area contributed by atoms with Crippen LogP contribution < -0.4 is 11.1 Å². The molecule has 116 valence electrons. The van der Waals surface area contributed by atoms with Crippen molar-refractivity contribution in [3.63, 3.8) is 0 Å². The second-order valence-electron chi connectivity index (χ2n) is 4.65. The molecule has 1 unspecified atom stereocenters. The average molecular weight is 336 g/mol. The fourth-order valence-corrected chi connectivity index (χ4v) is 4.34. The van der Waals surface area contributed by atoms with Gasteiger partial charge in [-0.2, -0.15) is 4.31 Å². The third-order valence-electron chi connectivity index (χ3n) is 3.27. The molecule has 0 bridgehead atoms. The lowest BCUT2D eigenvalue weighted by Gasteiger charge is -2.33. The Hall–Kier alpha value is -1.38. The summed E-state index contributed by atoms with van der Waals surface area (Å²) in [7, 11) is -4.20. The van der Waals surface area contributed by atoms with Gasteiger partial charge in [0.15, 0.2) is 5.82 Å². The van der Waals surface area contributed by atoms with E-state index in [2.05, 4.69) is 5.32 Å². The van der Waals surface area contributed by atoms with E-state index in [9.17, 15) is 17.6 Å². The summed E-state index contributed by atoms with van der Waals surface area (Å²) in [5.74, 6) is -1.46. The van der Waals surface area contributed by atoms with Crippen molar-refractivity contribution in [1.29, 1.82) is 0 Å². The van der Waals surface area contributed by atoms with Crippen molar-refractivity contribution in [2.45, 2.75) is 24.3 Å². The van der Waals surface area contributed by atoms with Crippen molar-refractivity contribution in [2.75, 3.05) is 18.8 Å². The molecule has 1 heterocycles. The van der Waals surface area contributed by atoms with E-state index in [1.807, 2.05) is 0 Å². The third-order valence-corrected chi connectivity index (χ3v) is 5.45. The first-order valence-electron chi connectivity index (χ1n) is 6.33. The number of piperazine rings is 1. The smallest absolute Gasteiger partial charge is 0.246 e. The van der Waals surface area contributed by atoms with E-state index in [1.54, 1.807) is 6.92 Å². The zero-order chi connectivity index (χ0) is 15.8. The number of amides is 1. The SMILES string of the molecule is CCC1C(=O)NCCN1S(=O)(=O)c1cc(N)cc(Cl)c1F. The van der Waals surface area contributed by atoms with Gasteiger partial charge in [-0.05, 0) is 18.6 Å². The molecule has 1 amide bonds. The molecule has 1 saturated heterocycles. The van der Waals surface area contributed by atoms with Crippen molar-refractivity contribution in [3.05, 3.63) is 23.0 Å². The van der Waals surface area contributed by atoms with Gasteiger partial charge in [0.25, 0.3) is 0 Å². The Kier molecular flexibility index (Phi) is 4.40. The van der Waals surface area contributed by atoms with E-state index >= 15 is 0 Å². The number of nitrogens with one attached hydrogen (secondary N) is 1. The standard InChI is InChI=1S/C12H15ClFN3O3S/c1-2-9-12(18)16-3-4-17(9)21(19,20)10-6-7(15)5-8(13)11(10)14/h5-6,9H,2-4,15H2,1H3,(H,16,18). The molecule has 9 heteroatoms. The van der Waals surface area contributed by atoms with E-state index < -0.39 is 32.7 Å². The molecule has 6 nitrogen and oxygen atoms in total. The van der Waals surface area contributed by atoms with Crippen LogP contribution in [0.1, 0.15) is 13.3 Å². The van der Waals surface area contributed by atoms with Crippen LogP contribution >= 0.6 is 11.6 Å². The first-order chi connectivity index (χ1) is 9.78. The number of hydrogen-bond acceptors (Lipinski definition) is 4. The number of sulfonamides is 1. The number of nitrogens with two attached hydrogens (primary N) is 1. The molecule has 1 aliphatic rings. The van der Waals surface area contributed by atoms with Gasteiger partial charge in [0, 0.05) is 18.8 Å². The van der Waals surface area contributed by atoms with Crippen LogP contribution in [0.3, 0.4) is 0 Å². The fourth-order valence-electron chi connectivity index (χ4n) is 2.27. The predicted molar refractivity (Wildman–Crippen MR) is 76.8 cm³/mol. The first-order valence-corrected chi connectivity index (χ1v) is 8.15. The maximum Gasteiger partial charge on any atom is 0.246 e. The molecule has 1 aliphatic heterocycles. The fraction of sp³-hybridized carbons (Fsp3) is 0.417. The molecular weight excluding hydrogens is 321 g/mol. The number of rotatable bonds is 3. The molecule has 0 aromatic heterocycles. The van der Waals surface area contributed by atoms with Gasteiger partial charge >= 0.3 is 0 Å². The Labute approximate surface area is 127 Å². The maximum absolute atomic E-state index is 14.1. The van der Waals surface area contributed by atoms with Gasteiger partial charge < -0.3 is 11.1 Å². The number of nitrogens with zero attached hydrogens (tertiary/aromatic N) is 1. The number of carbonyl (C=O) groups excluding carboxylic acids is 1. The van der Waals surface area contributed by atoms with Crippen molar-refractivity contribution < 1.29 is 17.6 Å². The van der Waals surface area contributed by atoms with E-state index in [0.717, 1.165) is 16.4 Å². The monoisotopic (exact) mass is 335 g/mol. The summed E-state index contributed by atoms with van der Waals surface area (Å²) in [5, 5.41) is 2.21. The number of nitrogen functional groups attached to an aromatic ring is 1. The number of anilines is 1. The van der Waals surface area contributed by atoms with Crippen LogP contribution in [0, 0.1) is 5.82 Å². The summed E-state index contributed by atoms with van der Waals surface area (Å²) >= 11 is 5.65. The minimum absolute atomic E-state index is 0.0366. The van der Waals surface area contributed by atoms with E-state index in [1.165, 1.54) is 0 Å². The maximum atomic E-state index is 14.1. The molecule has 1 atom stereocenters. The summed E-state index contributed by atoms with van der Waals surface area (Å²) in [6.07, 6.45) is 0.280. The molecule has 0 aliphatic carbocycles. The molecule has 0 spiro atoms. The Morgan fingerprint density at radius 1 is 1.52 bits per heavy atom. The second-order valence-corrected chi connectivity index (χ2v) is 6.91. The minimum atomic E-state index is -4.20. The van der Waals surface area contributed by atoms with Gasteiger partial charge in [0.05, 0.1) is 5.02 Å². The van der Waals surface area contributed by atoms with Gasteiger partial charge in [-0.1, -0.05) is 18.5 Å². The number of hydrogen-bond donors (Lipinski definition) is 2. The molecule has 0 radical (unpaired) electrons. The zero-order valence-corrected chi connectivity index (χ0v) is 12.8. The second kappa shape index (κ2) is 5.78. The van der Waals surface area contributed by atoms with E-state index in [4.69, 9.17) is 17.3 Å². The Morgan fingerprint density at radius 2 is 2.19 bits per heavy atom. The molecule has 3 N–H and O–H groups in total. The highest BCUT2D eigenvalue weighted by atomic mass is 35.5. The molecule has 1 fully saturated rings. The van der Waals surface area contributed by atoms with Crippen molar-refractivity contribution in [1.82, 2.24) is 9.62 Å². The van der Waals surface area contributed by atoms with Gasteiger partial charge in [-0.25, -0.2) is 12.8 Å². The number of carbonyl (C=O) groups is 1. The predicted octanol–water partition coefficient (Wildman–Crippen LogP) is 0.960. The largest absolute Gasteiger partial charge is 0.399 e. The Bertz CT molecular complexity index is 681. The molecule has 1 aromatic rings. The van der Waals surface area contributed by atoms with Gasteiger partial charge in [-0.15, -0.1) is 0 Å². The third kappa shape index (κ3) is 2.83. The molecule has 0 saturated carbocycles. The van der Waals surface area contributed by atoms with Crippen LogP contribution in [0.5, 0.6) is 0 Å². The summed E-state index contributed by atoms with van der Waals surface area (Å²) in [4.78, 5) is 11.2. The van der Waals surface area contributed by atoms with Gasteiger partial charge in [-0.3, -0.25) is 4.79 Å². The van der Waals surface area contributed by atoms with E-state index in [0.29, 0.717) is 0 Å². The van der Waals surface area contributed by atoms with Crippen LogP contribution in [-0.2, 0) is 14.8 Å². The quantitative estimate of drug-likeness (QED) is 0.805. The Balaban J connectivity index is 2.54. The Morgan fingerprint density at radius 3 is 2.81 bits per heavy atom. The minimum Gasteiger partial charge on any atom is -0.399 e. The number of benzene rings is 1. The highest BCUT2D eigenvalue weighted by Gasteiger charge is 2.39.